The molecule has 92 valence electrons. The fourth-order valence-electron chi connectivity index (χ4n) is 1.93. The molecule has 0 saturated heterocycles. The van der Waals surface area contributed by atoms with Crippen molar-refractivity contribution in [3.05, 3.63) is 39.2 Å². The number of aryl methyl sites for hydroxylation is 2. The fraction of sp³-hybridized carbons (Fsp3) is 0.167. The summed E-state index contributed by atoms with van der Waals surface area (Å²) < 4.78 is 7.40. The first kappa shape index (κ1) is 11.3. The third-order valence-electron chi connectivity index (χ3n) is 2.84. The molecule has 3 rings (SSSR count). The van der Waals surface area contributed by atoms with Gasteiger partial charge in [-0.15, -0.1) is 0 Å². The van der Waals surface area contributed by atoms with Gasteiger partial charge in [0.05, 0.1) is 5.52 Å². The molecule has 0 aliphatic rings. The van der Waals surface area contributed by atoms with Crippen LogP contribution in [0.1, 0.15) is 5.82 Å². The number of nitrogens with zero attached hydrogens (tertiary/aromatic N) is 2. The zero-order chi connectivity index (χ0) is 12.9. The number of hydrogen-bond donors (Lipinski definition) is 1. The van der Waals surface area contributed by atoms with Crippen LogP contribution in [0.15, 0.2) is 32.0 Å². The predicted molar refractivity (Wildman–Crippen MR) is 71.5 cm³/mol. The van der Waals surface area contributed by atoms with Crippen molar-refractivity contribution in [2.45, 2.75) is 6.92 Å². The van der Waals surface area contributed by atoms with Gasteiger partial charge in [0, 0.05) is 12.6 Å². The molecular formula is C12H10BrN3O2. The van der Waals surface area contributed by atoms with Gasteiger partial charge in [0.2, 0.25) is 0 Å². The Hall–Kier alpha value is -1.82. The second-order valence-electron chi connectivity index (χ2n) is 4.09. The second-order valence-corrected chi connectivity index (χ2v) is 4.89. The highest BCUT2D eigenvalue weighted by Gasteiger charge is 2.11. The van der Waals surface area contributed by atoms with E-state index in [0.717, 1.165) is 27.2 Å². The molecule has 6 heteroatoms. The molecule has 0 amide bonds. The van der Waals surface area contributed by atoms with Crippen LogP contribution < -0.4 is 5.76 Å². The van der Waals surface area contributed by atoms with E-state index in [-0.39, 0.29) is 5.76 Å². The molecule has 1 aromatic carbocycles. The zero-order valence-corrected chi connectivity index (χ0v) is 11.4. The summed E-state index contributed by atoms with van der Waals surface area (Å²) in [5.74, 6) is 0.470. The number of H-pyrrole nitrogens is 1. The molecule has 2 heterocycles. The van der Waals surface area contributed by atoms with Gasteiger partial charge in [0.25, 0.3) is 0 Å². The number of aromatic nitrogens is 3. The number of imidazole rings is 1. The van der Waals surface area contributed by atoms with E-state index in [9.17, 15) is 4.79 Å². The standard InChI is InChI=1S/C12H10BrN3O2/c1-6-14-10(11(13)15-6)7-3-4-9-8(5-7)16(2)12(17)18-9/h3-5H,1-2H3,(H,14,15). The number of benzene rings is 1. The van der Waals surface area contributed by atoms with Crippen molar-refractivity contribution in [2.24, 2.45) is 7.05 Å². The van der Waals surface area contributed by atoms with Crippen molar-refractivity contribution < 1.29 is 4.42 Å². The third kappa shape index (κ3) is 1.60. The molecule has 0 aliphatic carbocycles. The van der Waals surface area contributed by atoms with Gasteiger partial charge < -0.3 is 9.40 Å². The summed E-state index contributed by atoms with van der Waals surface area (Å²) in [5, 5.41) is 0. The maximum Gasteiger partial charge on any atom is 0.419 e. The van der Waals surface area contributed by atoms with Crippen molar-refractivity contribution in [3.63, 3.8) is 0 Å². The first-order valence-electron chi connectivity index (χ1n) is 5.38. The molecule has 5 nitrogen and oxygen atoms in total. The van der Waals surface area contributed by atoms with Crippen LogP contribution in [0.25, 0.3) is 22.4 Å². The van der Waals surface area contributed by atoms with E-state index in [4.69, 9.17) is 4.42 Å². The number of oxazole rings is 1. The second kappa shape index (κ2) is 3.84. The summed E-state index contributed by atoms with van der Waals surface area (Å²) in [6.45, 7) is 1.89. The molecule has 0 aliphatic heterocycles. The molecule has 1 N–H and O–H groups in total. The summed E-state index contributed by atoms with van der Waals surface area (Å²) in [5.41, 5.74) is 3.08. The Morgan fingerprint density at radius 2 is 2.22 bits per heavy atom. The van der Waals surface area contributed by atoms with Crippen molar-refractivity contribution >= 4 is 27.0 Å². The number of fused-ring (bicyclic) bond motifs is 1. The van der Waals surface area contributed by atoms with Gasteiger partial charge in [-0.25, -0.2) is 9.78 Å². The highest BCUT2D eigenvalue weighted by atomic mass is 79.9. The molecule has 0 radical (unpaired) electrons. The number of rotatable bonds is 1. The highest BCUT2D eigenvalue weighted by molar-refractivity contribution is 9.10. The largest absolute Gasteiger partial charge is 0.419 e. The quantitative estimate of drug-likeness (QED) is 0.751. The number of nitrogens with one attached hydrogen (secondary N) is 1. The number of halogens is 1. The molecule has 18 heavy (non-hydrogen) atoms. The van der Waals surface area contributed by atoms with Gasteiger partial charge in [0.1, 0.15) is 16.1 Å². The first-order valence-corrected chi connectivity index (χ1v) is 6.17. The molecule has 2 aromatic heterocycles. The summed E-state index contributed by atoms with van der Waals surface area (Å²) in [4.78, 5) is 18.9. The van der Waals surface area contributed by atoms with Gasteiger partial charge >= 0.3 is 5.76 Å². The Morgan fingerprint density at radius 3 is 2.89 bits per heavy atom. The third-order valence-corrected chi connectivity index (χ3v) is 3.42. The van der Waals surface area contributed by atoms with E-state index in [1.165, 1.54) is 4.57 Å². The lowest BCUT2D eigenvalue weighted by Crippen LogP contribution is -2.08. The summed E-state index contributed by atoms with van der Waals surface area (Å²) in [6.07, 6.45) is 0. The van der Waals surface area contributed by atoms with E-state index in [2.05, 4.69) is 25.9 Å². The minimum absolute atomic E-state index is 0.362. The maximum absolute atomic E-state index is 11.4. The molecule has 0 atom stereocenters. The molecular weight excluding hydrogens is 298 g/mol. The smallest absolute Gasteiger partial charge is 0.408 e. The van der Waals surface area contributed by atoms with Crippen molar-refractivity contribution in [3.8, 4) is 11.3 Å². The lowest BCUT2D eigenvalue weighted by molar-refractivity contribution is 0.528. The van der Waals surface area contributed by atoms with Crippen molar-refractivity contribution in [1.29, 1.82) is 0 Å². The maximum atomic E-state index is 11.4. The van der Waals surface area contributed by atoms with Crippen molar-refractivity contribution in [1.82, 2.24) is 14.5 Å². The summed E-state index contributed by atoms with van der Waals surface area (Å²) in [6, 6.07) is 5.55. The number of hydrogen-bond acceptors (Lipinski definition) is 3. The minimum atomic E-state index is -0.362. The first-order chi connectivity index (χ1) is 8.56. The molecule has 0 fully saturated rings. The SMILES string of the molecule is Cc1nc(-c2ccc3oc(=O)n(C)c3c2)c(Br)[nH]1. The lowest BCUT2D eigenvalue weighted by Gasteiger charge is -1.98. The van der Waals surface area contributed by atoms with E-state index < -0.39 is 0 Å². The molecule has 0 saturated carbocycles. The predicted octanol–water partition coefficient (Wildman–Crippen LogP) is 2.59. The Labute approximate surface area is 111 Å². The van der Waals surface area contributed by atoms with E-state index >= 15 is 0 Å². The normalized spacial score (nSPS) is 11.3. The van der Waals surface area contributed by atoms with E-state index in [1.807, 2.05) is 19.1 Å². The van der Waals surface area contributed by atoms with Crippen LogP contribution in [0.5, 0.6) is 0 Å². The van der Waals surface area contributed by atoms with E-state index in [0.29, 0.717) is 5.58 Å². The summed E-state index contributed by atoms with van der Waals surface area (Å²) in [7, 11) is 1.68. The van der Waals surface area contributed by atoms with Gasteiger partial charge in [0.15, 0.2) is 5.58 Å². The highest BCUT2D eigenvalue weighted by Crippen LogP contribution is 2.28. The minimum Gasteiger partial charge on any atom is -0.408 e. The van der Waals surface area contributed by atoms with Crippen LogP contribution >= 0.6 is 15.9 Å². The molecule has 0 spiro atoms. The van der Waals surface area contributed by atoms with Gasteiger partial charge in [-0.1, -0.05) is 0 Å². The van der Waals surface area contributed by atoms with Gasteiger partial charge in [-0.2, -0.15) is 0 Å². The van der Waals surface area contributed by atoms with Crippen LogP contribution in [0.2, 0.25) is 0 Å². The van der Waals surface area contributed by atoms with Crippen LogP contribution in [-0.4, -0.2) is 14.5 Å². The van der Waals surface area contributed by atoms with Crippen LogP contribution in [0.4, 0.5) is 0 Å². The number of aromatic amines is 1. The average molecular weight is 308 g/mol. The topological polar surface area (TPSA) is 63.8 Å². The lowest BCUT2D eigenvalue weighted by atomic mass is 10.1. The van der Waals surface area contributed by atoms with Crippen LogP contribution in [-0.2, 0) is 7.05 Å². The van der Waals surface area contributed by atoms with Crippen LogP contribution in [0.3, 0.4) is 0 Å². The van der Waals surface area contributed by atoms with Crippen molar-refractivity contribution in [2.75, 3.05) is 0 Å². The summed E-state index contributed by atoms with van der Waals surface area (Å²) >= 11 is 3.43. The molecule has 0 unspecified atom stereocenters. The van der Waals surface area contributed by atoms with Gasteiger partial charge in [-0.3, -0.25) is 4.57 Å². The van der Waals surface area contributed by atoms with E-state index in [1.54, 1.807) is 13.1 Å². The van der Waals surface area contributed by atoms with Gasteiger partial charge in [-0.05, 0) is 41.1 Å². The average Bonchev–Trinajstić information content (AvgIpc) is 2.80. The Morgan fingerprint density at radius 1 is 1.44 bits per heavy atom. The van der Waals surface area contributed by atoms with Crippen LogP contribution in [0, 0.1) is 6.92 Å². The zero-order valence-electron chi connectivity index (χ0n) is 9.82. The Kier molecular flexibility index (Phi) is 2.41. The Balaban J connectivity index is 2.28. The fourth-order valence-corrected chi connectivity index (χ4v) is 2.53. The molecule has 3 aromatic rings. The molecule has 0 bridgehead atoms. The Bertz CT molecular complexity index is 797. The monoisotopic (exact) mass is 307 g/mol.